The van der Waals surface area contributed by atoms with Crippen LogP contribution < -0.4 is 20.1 Å². The van der Waals surface area contributed by atoms with Crippen LogP contribution in [0.2, 0.25) is 0 Å². The predicted molar refractivity (Wildman–Crippen MR) is 123 cm³/mol. The molecule has 1 aliphatic rings. The first-order valence-electron chi connectivity index (χ1n) is 10.4. The smallest absolute Gasteiger partial charge is 0.191 e. The van der Waals surface area contributed by atoms with Gasteiger partial charge in [0.25, 0.3) is 0 Å². The van der Waals surface area contributed by atoms with E-state index in [-0.39, 0.29) is 6.10 Å². The van der Waals surface area contributed by atoms with Crippen molar-refractivity contribution in [1.29, 1.82) is 0 Å². The fourth-order valence-corrected chi connectivity index (χ4v) is 4.46. The average molecular weight is 430 g/mol. The van der Waals surface area contributed by atoms with Gasteiger partial charge in [0.15, 0.2) is 5.96 Å². The van der Waals surface area contributed by atoms with Gasteiger partial charge in [-0.2, -0.15) is 0 Å². The molecule has 2 unspecified atom stereocenters. The number of nitrogens with zero attached hydrogens (tertiary/aromatic N) is 1. The number of benzene rings is 2. The Bertz CT molecular complexity index is 887. The Kier molecular flexibility index (Phi) is 8.13. The molecule has 7 heteroatoms. The van der Waals surface area contributed by atoms with E-state index in [2.05, 4.69) is 34.7 Å². The molecule has 0 aromatic heterocycles. The standard InChI is InChI=1S/C23H31N3O3S/c1-4-28-21-13-19-12-17(2)29-22(19)14-20(21)15-26-23(24-3)25-10-11-30(27)16-18-8-6-5-7-9-18/h5-9,13-14,17H,4,10-12,15-16H2,1-3H3,(H2,24,25,26). The van der Waals surface area contributed by atoms with E-state index < -0.39 is 10.8 Å². The highest BCUT2D eigenvalue weighted by molar-refractivity contribution is 7.84. The Morgan fingerprint density at radius 1 is 1.27 bits per heavy atom. The van der Waals surface area contributed by atoms with E-state index in [4.69, 9.17) is 9.47 Å². The molecule has 0 spiro atoms. The molecule has 162 valence electrons. The molecule has 0 amide bonds. The maximum atomic E-state index is 12.3. The number of aliphatic imine (C=N–C) groups is 1. The van der Waals surface area contributed by atoms with Gasteiger partial charge in [0, 0.05) is 60.0 Å². The lowest BCUT2D eigenvalue weighted by atomic mass is 10.1. The molecule has 0 radical (unpaired) electrons. The number of ether oxygens (including phenoxy) is 2. The third-order valence-electron chi connectivity index (χ3n) is 4.84. The van der Waals surface area contributed by atoms with Crippen LogP contribution in [0.15, 0.2) is 47.5 Å². The molecule has 0 bridgehead atoms. The zero-order chi connectivity index (χ0) is 21.3. The van der Waals surface area contributed by atoms with Crippen molar-refractivity contribution < 1.29 is 13.7 Å². The summed E-state index contributed by atoms with van der Waals surface area (Å²) in [6, 6.07) is 14.1. The topological polar surface area (TPSA) is 72.0 Å². The summed E-state index contributed by atoms with van der Waals surface area (Å²) >= 11 is 0. The Labute approximate surface area is 181 Å². The van der Waals surface area contributed by atoms with Crippen molar-refractivity contribution in [3.05, 3.63) is 59.2 Å². The van der Waals surface area contributed by atoms with Crippen LogP contribution in [0.4, 0.5) is 0 Å². The van der Waals surface area contributed by atoms with Crippen molar-refractivity contribution in [2.24, 2.45) is 4.99 Å². The van der Waals surface area contributed by atoms with Crippen molar-refractivity contribution in [3.8, 4) is 11.5 Å². The Balaban J connectivity index is 1.50. The number of hydrogen-bond donors (Lipinski definition) is 2. The summed E-state index contributed by atoms with van der Waals surface area (Å²) < 4.78 is 24.0. The van der Waals surface area contributed by atoms with Crippen molar-refractivity contribution >= 4 is 16.8 Å². The predicted octanol–water partition coefficient (Wildman–Crippen LogP) is 3.02. The van der Waals surface area contributed by atoms with Crippen molar-refractivity contribution in [3.63, 3.8) is 0 Å². The quantitative estimate of drug-likeness (QED) is 0.474. The highest BCUT2D eigenvalue weighted by atomic mass is 32.2. The first kappa shape index (κ1) is 22.2. The average Bonchev–Trinajstić information content (AvgIpc) is 3.10. The number of guanidine groups is 1. The number of fused-ring (bicyclic) bond motifs is 1. The maximum absolute atomic E-state index is 12.3. The van der Waals surface area contributed by atoms with Crippen molar-refractivity contribution in [2.75, 3.05) is 26.0 Å². The number of nitrogens with one attached hydrogen (secondary N) is 2. The summed E-state index contributed by atoms with van der Waals surface area (Å²) in [6.07, 6.45) is 1.11. The van der Waals surface area contributed by atoms with Crippen LogP contribution in [0.1, 0.15) is 30.5 Å². The summed E-state index contributed by atoms with van der Waals surface area (Å²) in [5.74, 6) is 3.61. The van der Waals surface area contributed by atoms with Crippen molar-refractivity contribution in [1.82, 2.24) is 10.6 Å². The molecular formula is C23H31N3O3S. The molecule has 0 saturated carbocycles. The van der Waals surface area contributed by atoms with Crippen LogP contribution >= 0.6 is 0 Å². The normalized spacial score (nSPS) is 16.5. The number of rotatable bonds is 9. The van der Waals surface area contributed by atoms with E-state index in [0.717, 1.165) is 29.0 Å². The van der Waals surface area contributed by atoms with Gasteiger partial charge >= 0.3 is 0 Å². The second kappa shape index (κ2) is 11.0. The van der Waals surface area contributed by atoms with E-state index in [1.54, 1.807) is 7.05 Å². The van der Waals surface area contributed by atoms with Gasteiger partial charge in [0.05, 0.1) is 6.61 Å². The molecule has 2 aromatic carbocycles. The molecule has 2 aromatic rings. The van der Waals surface area contributed by atoms with Crippen LogP contribution in [0.25, 0.3) is 0 Å². The van der Waals surface area contributed by atoms with Gasteiger partial charge in [-0.3, -0.25) is 9.20 Å². The molecule has 0 aliphatic carbocycles. The molecule has 1 aliphatic heterocycles. The fraction of sp³-hybridized carbons (Fsp3) is 0.435. The van der Waals surface area contributed by atoms with Gasteiger partial charge in [-0.05, 0) is 31.5 Å². The van der Waals surface area contributed by atoms with Gasteiger partial charge in [0.2, 0.25) is 0 Å². The van der Waals surface area contributed by atoms with Crippen LogP contribution in [0, 0.1) is 0 Å². The maximum Gasteiger partial charge on any atom is 0.191 e. The lowest BCUT2D eigenvalue weighted by Gasteiger charge is -2.15. The summed E-state index contributed by atoms with van der Waals surface area (Å²) in [7, 11) is 0.808. The van der Waals surface area contributed by atoms with Gasteiger partial charge in [-0.15, -0.1) is 0 Å². The summed E-state index contributed by atoms with van der Waals surface area (Å²) in [6.45, 7) is 5.82. The third-order valence-corrected chi connectivity index (χ3v) is 6.16. The lowest BCUT2D eigenvalue weighted by molar-refractivity contribution is 0.254. The van der Waals surface area contributed by atoms with Gasteiger partial charge in [-0.1, -0.05) is 30.3 Å². The minimum Gasteiger partial charge on any atom is -0.494 e. The SMILES string of the molecule is CCOc1cc2c(cc1CNC(=NC)NCCS(=O)Cc1ccccc1)OC(C)C2. The zero-order valence-corrected chi connectivity index (χ0v) is 18.8. The van der Waals surface area contributed by atoms with E-state index in [1.165, 1.54) is 5.56 Å². The highest BCUT2D eigenvalue weighted by Crippen LogP contribution is 2.35. The molecule has 2 N–H and O–H groups in total. The van der Waals surface area contributed by atoms with E-state index in [9.17, 15) is 4.21 Å². The van der Waals surface area contributed by atoms with E-state index >= 15 is 0 Å². The Hall–Kier alpha value is -2.54. The van der Waals surface area contributed by atoms with Gasteiger partial charge in [-0.25, -0.2) is 0 Å². The molecular weight excluding hydrogens is 398 g/mol. The minimum absolute atomic E-state index is 0.198. The Morgan fingerprint density at radius 3 is 2.80 bits per heavy atom. The highest BCUT2D eigenvalue weighted by Gasteiger charge is 2.21. The second-order valence-electron chi connectivity index (χ2n) is 7.26. The molecule has 30 heavy (non-hydrogen) atoms. The zero-order valence-electron chi connectivity index (χ0n) is 17.9. The van der Waals surface area contributed by atoms with Crippen LogP contribution in [-0.2, 0) is 29.5 Å². The van der Waals surface area contributed by atoms with Crippen LogP contribution in [0.5, 0.6) is 11.5 Å². The largest absolute Gasteiger partial charge is 0.494 e. The van der Waals surface area contributed by atoms with Crippen LogP contribution in [0.3, 0.4) is 0 Å². The first-order chi connectivity index (χ1) is 14.6. The molecule has 0 fully saturated rings. The summed E-state index contributed by atoms with van der Waals surface area (Å²) in [5, 5.41) is 6.56. The van der Waals surface area contributed by atoms with E-state index in [0.29, 0.717) is 37.2 Å². The van der Waals surface area contributed by atoms with E-state index in [1.807, 2.05) is 37.3 Å². The summed E-state index contributed by atoms with van der Waals surface area (Å²) in [5.41, 5.74) is 3.31. The van der Waals surface area contributed by atoms with Gasteiger partial charge in [0.1, 0.15) is 17.6 Å². The minimum atomic E-state index is -0.921. The molecule has 0 saturated heterocycles. The molecule has 2 atom stereocenters. The third kappa shape index (κ3) is 6.23. The lowest BCUT2D eigenvalue weighted by Crippen LogP contribution is -2.38. The summed E-state index contributed by atoms with van der Waals surface area (Å²) in [4.78, 5) is 4.27. The van der Waals surface area contributed by atoms with Gasteiger partial charge < -0.3 is 20.1 Å². The molecule has 1 heterocycles. The molecule has 6 nitrogen and oxygen atoms in total. The first-order valence-corrected chi connectivity index (χ1v) is 11.9. The van der Waals surface area contributed by atoms with Crippen LogP contribution in [-0.4, -0.2) is 42.2 Å². The number of hydrogen-bond acceptors (Lipinski definition) is 4. The molecule has 3 rings (SSSR count). The monoisotopic (exact) mass is 429 g/mol. The fourth-order valence-electron chi connectivity index (χ4n) is 3.42. The second-order valence-corrected chi connectivity index (χ2v) is 8.84. The van der Waals surface area contributed by atoms with Crippen molar-refractivity contribution in [2.45, 2.75) is 38.7 Å². The Morgan fingerprint density at radius 2 is 2.07 bits per heavy atom.